The molecule has 0 unspecified atom stereocenters. The van der Waals surface area contributed by atoms with Gasteiger partial charge in [-0.2, -0.15) is 0 Å². The molecule has 0 saturated carbocycles. The molecule has 0 aliphatic heterocycles. The Bertz CT molecular complexity index is 403. The third-order valence-corrected chi connectivity index (χ3v) is 3.24. The number of para-hydroxylation sites is 1. The summed E-state index contributed by atoms with van der Waals surface area (Å²) < 4.78 is 5.53. The molecular weight excluding hydrogens is 232 g/mol. The summed E-state index contributed by atoms with van der Waals surface area (Å²) in [6, 6.07) is 6.59. The summed E-state index contributed by atoms with van der Waals surface area (Å²) in [4.78, 5) is 10.4. The minimum atomic E-state index is -0.395. The van der Waals surface area contributed by atoms with E-state index in [-0.39, 0.29) is 17.8 Å². The summed E-state index contributed by atoms with van der Waals surface area (Å²) >= 11 is 0. The molecule has 0 saturated heterocycles. The van der Waals surface area contributed by atoms with Gasteiger partial charge < -0.3 is 10.5 Å². The van der Waals surface area contributed by atoms with E-state index in [1.54, 1.807) is 18.2 Å². The number of nitro groups is 1. The Kier molecular flexibility index (Phi) is 5.25. The number of benzene rings is 1. The monoisotopic (exact) mass is 252 g/mol. The lowest BCUT2D eigenvalue weighted by molar-refractivity contribution is -0.386. The van der Waals surface area contributed by atoms with Crippen LogP contribution in [0.15, 0.2) is 24.3 Å². The molecule has 5 heteroatoms. The minimum absolute atomic E-state index is 0.0909. The zero-order chi connectivity index (χ0) is 13.6. The first kappa shape index (κ1) is 14.6. The molecule has 0 heterocycles. The van der Waals surface area contributed by atoms with Crippen molar-refractivity contribution < 1.29 is 9.66 Å². The van der Waals surface area contributed by atoms with E-state index in [0.717, 1.165) is 12.8 Å². The fourth-order valence-corrected chi connectivity index (χ4v) is 1.63. The van der Waals surface area contributed by atoms with Gasteiger partial charge in [0.2, 0.25) is 0 Å². The summed E-state index contributed by atoms with van der Waals surface area (Å²) in [7, 11) is 0. The Hall–Kier alpha value is -1.46. The van der Waals surface area contributed by atoms with Gasteiger partial charge in [0, 0.05) is 11.6 Å². The van der Waals surface area contributed by atoms with Gasteiger partial charge >= 0.3 is 0 Å². The highest BCUT2D eigenvalue weighted by Gasteiger charge is 2.21. The van der Waals surface area contributed by atoms with Crippen LogP contribution >= 0.6 is 0 Å². The SMILES string of the molecule is CCC(N)(CC)COCc1ccccc1[N+](=O)[O-]. The van der Waals surface area contributed by atoms with Gasteiger partial charge in [-0.1, -0.05) is 26.0 Å². The molecule has 100 valence electrons. The highest BCUT2D eigenvalue weighted by molar-refractivity contribution is 5.39. The average molecular weight is 252 g/mol. The van der Waals surface area contributed by atoms with Crippen LogP contribution in [0.2, 0.25) is 0 Å². The quantitative estimate of drug-likeness (QED) is 0.597. The number of nitro benzene ring substituents is 1. The van der Waals surface area contributed by atoms with Crippen LogP contribution < -0.4 is 5.73 Å². The maximum atomic E-state index is 10.8. The Labute approximate surface area is 107 Å². The number of hydrogen-bond donors (Lipinski definition) is 1. The Morgan fingerprint density at radius 2 is 1.94 bits per heavy atom. The second kappa shape index (κ2) is 6.47. The van der Waals surface area contributed by atoms with Crippen LogP contribution in [-0.4, -0.2) is 17.1 Å². The van der Waals surface area contributed by atoms with Crippen LogP contribution in [-0.2, 0) is 11.3 Å². The molecule has 0 bridgehead atoms. The maximum absolute atomic E-state index is 10.8. The predicted molar refractivity (Wildman–Crippen MR) is 70.3 cm³/mol. The molecule has 0 atom stereocenters. The van der Waals surface area contributed by atoms with Gasteiger partial charge in [-0.15, -0.1) is 0 Å². The largest absolute Gasteiger partial charge is 0.375 e. The van der Waals surface area contributed by atoms with Crippen LogP contribution in [0, 0.1) is 10.1 Å². The molecule has 0 fully saturated rings. The predicted octanol–water partition coefficient (Wildman–Crippen LogP) is 2.63. The molecule has 0 radical (unpaired) electrons. The number of rotatable bonds is 7. The zero-order valence-corrected chi connectivity index (χ0v) is 10.9. The molecular formula is C13H20N2O3. The standard InChI is InChI=1S/C13H20N2O3/c1-3-13(14,4-2)10-18-9-11-7-5-6-8-12(11)15(16)17/h5-8H,3-4,9-10,14H2,1-2H3. The van der Waals surface area contributed by atoms with Crippen molar-refractivity contribution in [2.45, 2.75) is 38.8 Å². The van der Waals surface area contributed by atoms with Crippen LogP contribution in [0.1, 0.15) is 32.3 Å². The van der Waals surface area contributed by atoms with Crippen LogP contribution in [0.3, 0.4) is 0 Å². The second-order valence-electron chi connectivity index (χ2n) is 4.45. The topological polar surface area (TPSA) is 78.4 Å². The van der Waals surface area contributed by atoms with E-state index >= 15 is 0 Å². The van der Waals surface area contributed by atoms with E-state index in [2.05, 4.69) is 0 Å². The van der Waals surface area contributed by atoms with Crippen molar-refractivity contribution in [2.75, 3.05) is 6.61 Å². The molecule has 0 aromatic heterocycles. The Balaban J connectivity index is 2.62. The van der Waals surface area contributed by atoms with Crippen molar-refractivity contribution in [3.05, 3.63) is 39.9 Å². The molecule has 0 aliphatic carbocycles. The molecule has 5 nitrogen and oxygen atoms in total. The highest BCUT2D eigenvalue weighted by Crippen LogP contribution is 2.19. The van der Waals surface area contributed by atoms with Crippen molar-refractivity contribution >= 4 is 5.69 Å². The van der Waals surface area contributed by atoms with Gasteiger partial charge in [-0.3, -0.25) is 10.1 Å². The fourth-order valence-electron chi connectivity index (χ4n) is 1.63. The van der Waals surface area contributed by atoms with Gasteiger partial charge in [-0.25, -0.2) is 0 Å². The first-order chi connectivity index (χ1) is 8.52. The normalized spacial score (nSPS) is 11.5. The lowest BCUT2D eigenvalue weighted by Gasteiger charge is -2.26. The van der Waals surface area contributed by atoms with E-state index in [4.69, 9.17) is 10.5 Å². The molecule has 0 spiro atoms. The second-order valence-corrected chi connectivity index (χ2v) is 4.45. The summed E-state index contributed by atoms with van der Waals surface area (Å²) in [5, 5.41) is 10.8. The molecule has 0 aliphatic rings. The lowest BCUT2D eigenvalue weighted by atomic mass is 9.96. The van der Waals surface area contributed by atoms with Gasteiger partial charge in [0.1, 0.15) is 0 Å². The van der Waals surface area contributed by atoms with Crippen molar-refractivity contribution in [1.82, 2.24) is 0 Å². The molecule has 0 amide bonds. The van der Waals surface area contributed by atoms with E-state index in [0.29, 0.717) is 12.2 Å². The van der Waals surface area contributed by atoms with Crippen molar-refractivity contribution in [3.63, 3.8) is 0 Å². The summed E-state index contributed by atoms with van der Waals surface area (Å²) in [5.74, 6) is 0. The number of nitrogens with zero attached hydrogens (tertiary/aromatic N) is 1. The molecule has 1 aromatic rings. The van der Waals surface area contributed by atoms with Crippen LogP contribution in [0.4, 0.5) is 5.69 Å². The molecule has 1 aromatic carbocycles. The Morgan fingerprint density at radius 3 is 2.50 bits per heavy atom. The van der Waals surface area contributed by atoms with Gasteiger partial charge in [0.05, 0.1) is 23.7 Å². The van der Waals surface area contributed by atoms with Gasteiger partial charge in [0.15, 0.2) is 0 Å². The summed E-state index contributed by atoms with van der Waals surface area (Å²) in [6.45, 7) is 4.65. The first-order valence-electron chi connectivity index (χ1n) is 6.11. The third kappa shape index (κ3) is 3.78. The van der Waals surface area contributed by atoms with Gasteiger partial charge in [0.25, 0.3) is 5.69 Å². The zero-order valence-electron chi connectivity index (χ0n) is 10.9. The number of hydrogen-bond acceptors (Lipinski definition) is 4. The van der Waals surface area contributed by atoms with Crippen LogP contribution in [0.5, 0.6) is 0 Å². The lowest BCUT2D eigenvalue weighted by Crippen LogP contribution is -2.43. The smallest absolute Gasteiger partial charge is 0.274 e. The fraction of sp³-hybridized carbons (Fsp3) is 0.538. The molecule has 18 heavy (non-hydrogen) atoms. The summed E-state index contributed by atoms with van der Waals surface area (Å²) in [6.07, 6.45) is 1.64. The van der Waals surface area contributed by atoms with Crippen molar-refractivity contribution in [2.24, 2.45) is 5.73 Å². The average Bonchev–Trinajstić information content (AvgIpc) is 2.39. The van der Waals surface area contributed by atoms with E-state index in [1.165, 1.54) is 6.07 Å². The van der Waals surface area contributed by atoms with Crippen molar-refractivity contribution in [1.29, 1.82) is 0 Å². The van der Waals surface area contributed by atoms with E-state index in [9.17, 15) is 10.1 Å². The molecule has 2 N–H and O–H groups in total. The first-order valence-corrected chi connectivity index (χ1v) is 6.11. The van der Waals surface area contributed by atoms with Crippen LogP contribution in [0.25, 0.3) is 0 Å². The maximum Gasteiger partial charge on any atom is 0.274 e. The minimum Gasteiger partial charge on any atom is -0.375 e. The third-order valence-electron chi connectivity index (χ3n) is 3.24. The van der Waals surface area contributed by atoms with E-state index < -0.39 is 4.92 Å². The van der Waals surface area contributed by atoms with Crippen molar-refractivity contribution in [3.8, 4) is 0 Å². The number of ether oxygens (including phenoxy) is 1. The molecule has 1 rings (SSSR count). The van der Waals surface area contributed by atoms with E-state index in [1.807, 2.05) is 13.8 Å². The highest BCUT2D eigenvalue weighted by atomic mass is 16.6. The Morgan fingerprint density at radius 1 is 1.33 bits per heavy atom. The summed E-state index contributed by atoms with van der Waals surface area (Å²) in [5.41, 5.74) is 6.43. The number of nitrogens with two attached hydrogens (primary N) is 1. The van der Waals surface area contributed by atoms with Gasteiger partial charge in [-0.05, 0) is 18.9 Å².